The maximum absolute atomic E-state index is 13.7. The van der Waals surface area contributed by atoms with Crippen molar-refractivity contribution < 1.29 is 19.2 Å². The lowest BCUT2D eigenvalue weighted by molar-refractivity contribution is -0.132. The lowest BCUT2D eigenvalue weighted by atomic mass is 10.0. The molecule has 2 aromatic carbocycles. The van der Waals surface area contributed by atoms with Gasteiger partial charge in [-0.3, -0.25) is 28.8 Å². The van der Waals surface area contributed by atoms with E-state index >= 15 is 0 Å². The average molecular weight is 644 g/mol. The van der Waals surface area contributed by atoms with Crippen molar-refractivity contribution >= 4 is 23.6 Å². The fraction of sp³-hybridized carbons (Fsp3) is 0.472. The minimum atomic E-state index is -0.929. The Morgan fingerprint density at radius 2 is 1.57 bits per heavy atom. The molecule has 0 saturated carbocycles. The molecule has 252 valence electrons. The highest BCUT2D eigenvalue weighted by atomic mass is 16.2. The zero-order valence-corrected chi connectivity index (χ0v) is 28.0. The highest BCUT2D eigenvalue weighted by Crippen LogP contribution is 2.14. The predicted octanol–water partition coefficient (Wildman–Crippen LogP) is 3.19. The van der Waals surface area contributed by atoms with E-state index in [2.05, 4.69) is 44.4 Å². The maximum atomic E-state index is 13.7. The van der Waals surface area contributed by atoms with E-state index < -0.39 is 29.9 Å². The summed E-state index contributed by atoms with van der Waals surface area (Å²) < 4.78 is 1.91. The number of amides is 4. The molecule has 47 heavy (non-hydrogen) atoms. The largest absolute Gasteiger partial charge is 0.354 e. The van der Waals surface area contributed by atoms with Crippen molar-refractivity contribution in [3.05, 3.63) is 89.2 Å². The van der Waals surface area contributed by atoms with Gasteiger partial charge in [-0.1, -0.05) is 56.3 Å². The van der Waals surface area contributed by atoms with E-state index in [9.17, 15) is 19.2 Å². The summed E-state index contributed by atoms with van der Waals surface area (Å²) >= 11 is 0. The van der Waals surface area contributed by atoms with Crippen LogP contribution in [0.25, 0.3) is 0 Å². The Hall–Kier alpha value is -4.51. The van der Waals surface area contributed by atoms with E-state index in [0.29, 0.717) is 31.6 Å². The van der Waals surface area contributed by atoms with Crippen LogP contribution in [0.15, 0.2) is 67.0 Å². The average Bonchev–Trinajstić information content (AvgIpc) is 3.51. The van der Waals surface area contributed by atoms with Gasteiger partial charge in [-0.25, -0.2) is 0 Å². The first kappa shape index (κ1) is 35.3. The van der Waals surface area contributed by atoms with E-state index in [1.165, 1.54) is 0 Å². The normalized spacial score (nSPS) is 21.0. The highest BCUT2D eigenvalue weighted by molar-refractivity contribution is 5.98. The molecule has 3 heterocycles. The number of nitrogens with one attached hydrogen (secondary N) is 4. The van der Waals surface area contributed by atoms with Crippen molar-refractivity contribution in [1.29, 1.82) is 0 Å². The molecule has 3 aromatic rings. The number of nitrogens with zero attached hydrogens (tertiary/aromatic N) is 3. The lowest BCUT2D eigenvalue weighted by Gasteiger charge is -2.25. The molecule has 2 bridgehead atoms. The van der Waals surface area contributed by atoms with Gasteiger partial charge in [-0.15, -0.1) is 0 Å². The quantitative estimate of drug-likeness (QED) is 0.292. The van der Waals surface area contributed by atoms with Crippen LogP contribution < -0.4 is 21.3 Å². The predicted molar refractivity (Wildman–Crippen MR) is 181 cm³/mol. The van der Waals surface area contributed by atoms with Gasteiger partial charge in [0.1, 0.15) is 18.1 Å². The molecule has 5 rings (SSSR count). The van der Waals surface area contributed by atoms with Crippen molar-refractivity contribution in [3.8, 4) is 0 Å². The SMILES string of the molecule is CCn1cc(CN2CCCCNC(=O)[C@@H](C)NC(=O)[C@H](CC(C)C)NC(=O)[C@@H](Cc3ccccc3)NC(=O)c3ccc(cc3)C2)cn1. The number of aromatic nitrogens is 2. The summed E-state index contributed by atoms with van der Waals surface area (Å²) in [5.41, 5.74) is 3.48. The standard InChI is InChI=1S/C36H49N7O4/c1-5-43-24-29(21-38-43)23-42-18-10-9-17-37-33(44)26(4)39-35(46)31(19-25(2)3)41-36(47)32(20-27-11-7-6-8-12-27)40-34(45)30-15-13-28(22-42)14-16-30/h6-8,11-16,21,24-26,31-32H,5,9-10,17-20,22-23H2,1-4H3,(H,37,44)(H,39,46)(H,40,45)(H,41,47)/t26-,31+,32-/m1/s1. The van der Waals surface area contributed by atoms with E-state index in [1.807, 2.05) is 67.2 Å². The minimum Gasteiger partial charge on any atom is -0.354 e. The molecular formula is C36H49N7O4. The second kappa shape index (κ2) is 17.4. The summed E-state index contributed by atoms with van der Waals surface area (Å²) in [7, 11) is 0. The highest BCUT2D eigenvalue weighted by Gasteiger charge is 2.29. The summed E-state index contributed by atoms with van der Waals surface area (Å²) in [6.45, 7) is 11.1. The molecule has 4 amide bonds. The van der Waals surface area contributed by atoms with Crippen LogP contribution in [0.3, 0.4) is 0 Å². The molecule has 4 N–H and O–H groups in total. The molecule has 0 radical (unpaired) electrons. The van der Waals surface area contributed by atoms with E-state index in [0.717, 1.165) is 42.6 Å². The van der Waals surface area contributed by atoms with Gasteiger partial charge in [-0.05, 0) is 68.8 Å². The zero-order valence-electron chi connectivity index (χ0n) is 28.0. The molecule has 11 nitrogen and oxygen atoms in total. The summed E-state index contributed by atoms with van der Waals surface area (Å²) in [5.74, 6) is -1.48. The van der Waals surface area contributed by atoms with Crippen molar-refractivity contribution in [3.63, 3.8) is 0 Å². The van der Waals surface area contributed by atoms with Crippen LogP contribution in [-0.4, -0.2) is 69.5 Å². The van der Waals surface area contributed by atoms with Gasteiger partial charge in [0.25, 0.3) is 5.91 Å². The van der Waals surface area contributed by atoms with E-state index in [4.69, 9.17) is 0 Å². The molecule has 0 aliphatic carbocycles. The fourth-order valence-electron chi connectivity index (χ4n) is 5.63. The van der Waals surface area contributed by atoms with Crippen LogP contribution >= 0.6 is 0 Å². The topological polar surface area (TPSA) is 137 Å². The number of rotatable bonds is 7. The van der Waals surface area contributed by atoms with Crippen molar-refractivity contribution in [2.24, 2.45) is 5.92 Å². The molecule has 2 aliphatic rings. The summed E-state index contributed by atoms with van der Waals surface area (Å²) in [5, 5.41) is 15.9. The smallest absolute Gasteiger partial charge is 0.251 e. The third-order valence-corrected chi connectivity index (χ3v) is 8.24. The first-order chi connectivity index (χ1) is 22.6. The van der Waals surface area contributed by atoms with Crippen LogP contribution in [0.2, 0.25) is 0 Å². The van der Waals surface area contributed by atoms with Gasteiger partial charge < -0.3 is 21.3 Å². The van der Waals surface area contributed by atoms with Crippen molar-refractivity contribution in [2.45, 2.75) is 91.1 Å². The molecule has 0 spiro atoms. The molecule has 0 unspecified atom stereocenters. The second-order valence-corrected chi connectivity index (χ2v) is 12.7. The Bertz CT molecular complexity index is 1470. The van der Waals surface area contributed by atoms with Crippen molar-refractivity contribution in [1.82, 2.24) is 35.9 Å². The first-order valence-electron chi connectivity index (χ1n) is 16.7. The first-order valence-corrected chi connectivity index (χ1v) is 16.7. The second-order valence-electron chi connectivity index (χ2n) is 12.7. The number of aryl methyl sites for hydroxylation is 1. The Kier molecular flexibility index (Phi) is 13.1. The lowest BCUT2D eigenvalue weighted by Crippen LogP contribution is -2.57. The van der Waals surface area contributed by atoms with E-state index in [1.54, 1.807) is 19.1 Å². The van der Waals surface area contributed by atoms with Crippen LogP contribution in [-0.2, 0) is 40.4 Å². The van der Waals surface area contributed by atoms with Crippen LogP contribution in [0.1, 0.15) is 74.0 Å². The summed E-state index contributed by atoms with van der Waals surface area (Å²) in [4.78, 5) is 55.8. The molecule has 0 fully saturated rings. The van der Waals surface area contributed by atoms with Gasteiger partial charge in [0.05, 0.1) is 6.20 Å². The molecular weight excluding hydrogens is 594 g/mol. The van der Waals surface area contributed by atoms with Gasteiger partial charge in [0.15, 0.2) is 0 Å². The number of benzene rings is 2. The summed E-state index contributed by atoms with van der Waals surface area (Å²) in [6, 6.07) is 14.3. The van der Waals surface area contributed by atoms with Gasteiger partial charge >= 0.3 is 0 Å². The Morgan fingerprint density at radius 3 is 2.26 bits per heavy atom. The van der Waals surface area contributed by atoms with Gasteiger partial charge in [0.2, 0.25) is 17.7 Å². The molecule has 2 aliphatic heterocycles. The van der Waals surface area contributed by atoms with Gasteiger partial charge in [-0.2, -0.15) is 5.10 Å². The third kappa shape index (κ3) is 11.1. The maximum Gasteiger partial charge on any atom is 0.251 e. The minimum absolute atomic E-state index is 0.0905. The monoisotopic (exact) mass is 643 g/mol. The van der Waals surface area contributed by atoms with Crippen LogP contribution in [0, 0.1) is 5.92 Å². The molecule has 11 heteroatoms. The molecule has 1 aromatic heterocycles. The van der Waals surface area contributed by atoms with Crippen LogP contribution in [0.5, 0.6) is 0 Å². The third-order valence-electron chi connectivity index (χ3n) is 8.24. The van der Waals surface area contributed by atoms with Gasteiger partial charge in [0, 0.05) is 49.9 Å². The Morgan fingerprint density at radius 1 is 0.851 bits per heavy atom. The van der Waals surface area contributed by atoms with Crippen molar-refractivity contribution in [2.75, 3.05) is 13.1 Å². The molecule has 0 saturated heterocycles. The fourth-order valence-corrected chi connectivity index (χ4v) is 5.63. The molecule has 3 atom stereocenters. The Labute approximate surface area is 277 Å². The number of hydrogen-bond acceptors (Lipinski definition) is 6. The zero-order chi connectivity index (χ0) is 33.8. The number of hydrogen-bond donors (Lipinski definition) is 4. The summed E-state index contributed by atoms with van der Waals surface area (Å²) in [6.07, 6.45) is 6.18. The number of carbonyl (C=O) groups is 4. The van der Waals surface area contributed by atoms with Crippen LogP contribution in [0.4, 0.5) is 0 Å². The van der Waals surface area contributed by atoms with E-state index in [-0.39, 0.29) is 24.2 Å². The number of carbonyl (C=O) groups excluding carboxylic acids is 4. The number of fused-ring (bicyclic) bond motifs is 18. The Balaban J connectivity index is 1.59.